The van der Waals surface area contributed by atoms with E-state index in [2.05, 4.69) is 4.74 Å². The zero-order chi connectivity index (χ0) is 12.5. The van der Waals surface area contributed by atoms with Crippen LogP contribution in [0.2, 0.25) is 5.02 Å². The minimum Gasteiger partial charge on any atom is -0.431 e. The predicted molar refractivity (Wildman–Crippen MR) is 43.0 cm³/mol. The number of ether oxygens (including phenoxy) is 1. The van der Waals surface area contributed by atoms with Crippen molar-refractivity contribution in [3.05, 3.63) is 28.5 Å². The normalized spacial score (nSPS) is 12.0. The lowest BCUT2D eigenvalue weighted by Gasteiger charge is -2.14. The third-order valence-electron chi connectivity index (χ3n) is 1.52. The molecule has 0 unspecified atom stereocenters. The van der Waals surface area contributed by atoms with Gasteiger partial charge < -0.3 is 4.74 Å². The fourth-order valence-corrected chi connectivity index (χ4v) is 1.18. The highest BCUT2D eigenvalue weighted by Gasteiger charge is 2.37. The van der Waals surface area contributed by atoms with Crippen molar-refractivity contribution >= 4 is 11.6 Å². The smallest absolute Gasteiger partial charge is 0.420 e. The summed E-state index contributed by atoms with van der Waals surface area (Å²) in [4.78, 5) is 0. The Balaban J connectivity index is 3.33. The van der Waals surface area contributed by atoms with E-state index in [4.69, 9.17) is 11.6 Å². The quantitative estimate of drug-likeness (QED) is 0.731. The van der Waals surface area contributed by atoms with Gasteiger partial charge >= 0.3 is 12.8 Å². The topological polar surface area (TPSA) is 9.23 Å². The van der Waals surface area contributed by atoms with Crippen LogP contribution in [0.1, 0.15) is 5.56 Å². The van der Waals surface area contributed by atoms with E-state index in [1.807, 2.05) is 0 Å². The minimum absolute atomic E-state index is 0.308. The number of hydrogen-bond donors (Lipinski definition) is 0. The molecule has 0 bridgehead atoms. The van der Waals surface area contributed by atoms with Crippen molar-refractivity contribution in [2.75, 3.05) is 0 Å². The zero-order valence-corrected chi connectivity index (χ0v) is 8.04. The van der Waals surface area contributed by atoms with Crippen molar-refractivity contribution in [1.82, 2.24) is 0 Å². The van der Waals surface area contributed by atoms with E-state index in [-0.39, 0.29) is 0 Å². The van der Waals surface area contributed by atoms with Crippen molar-refractivity contribution < 1.29 is 31.1 Å². The molecule has 0 atom stereocenters. The average Bonchev–Trinajstić information content (AvgIpc) is 2.06. The SMILES string of the molecule is Fc1cc(Cl)cc(C(F)(F)F)c1OC(F)F. The van der Waals surface area contributed by atoms with Gasteiger partial charge in [-0.05, 0) is 12.1 Å². The molecule has 0 saturated carbocycles. The minimum atomic E-state index is -5.03. The predicted octanol–water partition coefficient (Wildman–Crippen LogP) is 4.10. The first-order valence-electron chi connectivity index (χ1n) is 3.73. The van der Waals surface area contributed by atoms with E-state index in [1.165, 1.54) is 0 Å². The van der Waals surface area contributed by atoms with Gasteiger partial charge in [-0.2, -0.15) is 22.0 Å². The van der Waals surface area contributed by atoms with Gasteiger partial charge in [-0.1, -0.05) is 11.6 Å². The number of halogens is 7. The van der Waals surface area contributed by atoms with Gasteiger partial charge in [-0.25, -0.2) is 4.39 Å². The zero-order valence-electron chi connectivity index (χ0n) is 7.29. The van der Waals surface area contributed by atoms with E-state index in [0.29, 0.717) is 12.1 Å². The Bertz CT molecular complexity index is 389. The maximum atomic E-state index is 13.0. The van der Waals surface area contributed by atoms with Gasteiger partial charge in [0.05, 0.1) is 0 Å². The molecule has 0 fully saturated rings. The maximum Gasteiger partial charge on any atom is 0.420 e. The molecular weight excluding hydrogens is 262 g/mol. The largest absolute Gasteiger partial charge is 0.431 e. The first kappa shape index (κ1) is 13.0. The molecule has 0 aliphatic rings. The molecule has 1 rings (SSSR count). The molecule has 0 aliphatic carbocycles. The second-order valence-electron chi connectivity index (χ2n) is 2.64. The Hall–Kier alpha value is -1.11. The van der Waals surface area contributed by atoms with Gasteiger partial charge in [0.25, 0.3) is 0 Å². The summed E-state index contributed by atoms with van der Waals surface area (Å²) in [6.07, 6.45) is -5.03. The van der Waals surface area contributed by atoms with E-state index in [1.54, 1.807) is 0 Å². The number of benzene rings is 1. The van der Waals surface area contributed by atoms with E-state index in [9.17, 15) is 26.3 Å². The van der Waals surface area contributed by atoms with E-state index < -0.39 is 34.9 Å². The molecule has 90 valence electrons. The summed E-state index contributed by atoms with van der Waals surface area (Å²) in [5.41, 5.74) is -1.68. The van der Waals surface area contributed by atoms with Crippen LogP contribution in [-0.4, -0.2) is 6.61 Å². The number of rotatable bonds is 2. The standard InChI is InChI=1S/C8H3ClF6O/c9-3-1-4(8(13,14)15)6(5(10)2-3)16-7(11)12/h1-2,7H. The molecule has 0 N–H and O–H groups in total. The van der Waals surface area contributed by atoms with Crippen LogP contribution in [0.15, 0.2) is 12.1 Å². The molecule has 1 aromatic carbocycles. The summed E-state index contributed by atoms with van der Waals surface area (Å²) < 4.78 is 76.9. The highest BCUT2D eigenvalue weighted by molar-refractivity contribution is 6.30. The van der Waals surface area contributed by atoms with Crippen molar-refractivity contribution in [3.63, 3.8) is 0 Å². The molecule has 0 aromatic heterocycles. The van der Waals surface area contributed by atoms with Crippen LogP contribution in [0.4, 0.5) is 26.3 Å². The molecule has 0 aliphatic heterocycles. The molecule has 0 spiro atoms. The van der Waals surface area contributed by atoms with Crippen LogP contribution in [0.25, 0.3) is 0 Å². The summed E-state index contributed by atoms with van der Waals surface area (Å²) in [7, 11) is 0. The molecule has 0 saturated heterocycles. The first-order chi connectivity index (χ1) is 7.21. The molecule has 1 nitrogen and oxygen atoms in total. The Morgan fingerprint density at radius 1 is 1.19 bits per heavy atom. The average molecular weight is 265 g/mol. The summed E-state index contributed by atoms with van der Waals surface area (Å²) in [6.45, 7) is -3.56. The summed E-state index contributed by atoms with van der Waals surface area (Å²) in [5, 5.41) is -0.563. The fourth-order valence-electron chi connectivity index (χ4n) is 0.980. The van der Waals surface area contributed by atoms with Gasteiger partial charge in [0, 0.05) is 5.02 Å². The summed E-state index contributed by atoms with van der Waals surface area (Å²) in [6, 6.07) is 0.761. The molecule has 0 amide bonds. The van der Waals surface area contributed by atoms with Crippen molar-refractivity contribution in [3.8, 4) is 5.75 Å². The lowest BCUT2D eigenvalue weighted by Crippen LogP contribution is -2.13. The van der Waals surface area contributed by atoms with Crippen LogP contribution in [0.3, 0.4) is 0 Å². The van der Waals surface area contributed by atoms with Crippen LogP contribution in [0, 0.1) is 5.82 Å². The number of hydrogen-bond acceptors (Lipinski definition) is 1. The van der Waals surface area contributed by atoms with Crippen LogP contribution < -0.4 is 4.74 Å². The van der Waals surface area contributed by atoms with Gasteiger partial charge in [-0.15, -0.1) is 0 Å². The lowest BCUT2D eigenvalue weighted by molar-refractivity contribution is -0.142. The van der Waals surface area contributed by atoms with E-state index >= 15 is 0 Å². The van der Waals surface area contributed by atoms with Gasteiger partial charge in [0.1, 0.15) is 5.56 Å². The van der Waals surface area contributed by atoms with Crippen LogP contribution in [-0.2, 0) is 6.18 Å². The Labute approximate surface area is 90.6 Å². The van der Waals surface area contributed by atoms with Crippen molar-refractivity contribution in [2.45, 2.75) is 12.8 Å². The lowest BCUT2D eigenvalue weighted by atomic mass is 10.2. The van der Waals surface area contributed by atoms with Crippen molar-refractivity contribution in [1.29, 1.82) is 0 Å². The van der Waals surface area contributed by atoms with Gasteiger partial charge in [0.2, 0.25) is 0 Å². The molecular formula is C8H3ClF6O. The Morgan fingerprint density at radius 2 is 1.75 bits per heavy atom. The third-order valence-corrected chi connectivity index (χ3v) is 1.74. The van der Waals surface area contributed by atoms with Gasteiger partial charge in [0.15, 0.2) is 11.6 Å². The summed E-state index contributed by atoms with van der Waals surface area (Å²) >= 11 is 5.18. The van der Waals surface area contributed by atoms with E-state index in [0.717, 1.165) is 0 Å². The second kappa shape index (κ2) is 4.40. The third kappa shape index (κ3) is 2.94. The maximum absolute atomic E-state index is 13.0. The Kier molecular flexibility index (Phi) is 3.57. The highest BCUT2D eigenvalue weighted by Crippen LogP contribution is 2.40. The van der Waals surface area contributed by atoms with Crippen molar-refractivity contribution in [2.24, 2.45) is 0 Å². The molecule has 0 heterocycles. The fraction of sp³-hybridized carbons (Fsp3) is 0.250. The highest BCUT2D eigenvalue weighted by atomic mass is 35.5. The number of alkyl halides is 5. The molecule has 1 aromatic rings. The molecule has 8 heteroatoms. The monoisotopic (exact) mass is 264 g/mol. The molecule has 16 heavy (non-hydrogen) atoms. The van der Waals surface area contributed by atoms with Gasteiger partial charge in [-0.3, -0.25) is 0 Å². The molecule has 0 radical (unpaired) electrons. The Morgan fingerprint density at radius 3 is 2.19 bits per heavy atom. The first-order valence-corrected chi connectivity index (χ1v) is 4.10. The van der Waals surface area contributed by atoms with Crippen LogP contribution >= 0.6 is 11.6 Å². The summed E-state index contributed by atoms with van der Waals surface area (Å²) in [5.74, 6) is -3.16. The van der Waals surface area contributed by atoms with Crippen LogP contribution in [0.5, 0.6) is 5.75 Å². The second-order valence-corrected chi connectivity index (χ2v) is 3.08.